The maximum absolute atomic E-state index is 13.3. The number of hydrogen-bond donors (Lipinski definition) is 1. The SMILES string of the molecule is Cl.O=S(=O)(c1cc(F)cc(F)c1)N1CCC(N2CCNCC2)C1. The van der Waals surface area contributed by atoms with Crippen molar-refractivity contribution >= 4 is 22.4 Å². The van der Waals surface area contributed by atoms with Gasteiger partial charge < -0.3 is 5.32 Å². The Kier molecular flexibility index (Phi) is 5.96. The number of nitrogens with one attached hydrogen (secondary N) is 1. The second kappa shape index (κ2) is 7.40. The van der Waals surface area contributed by atoms with E-state index in [0.717, 1.165) is 44.7 Å². The summed E-state index contributed by atoms with van der Waals surface area (Å²) in [6, 6.07) is 2.59. The summed E-state index contributed by atoms with van der Waals surface area (Å²) in [5.41, 5.74) is 0. The number of benzene rings is 1. The second-order valence-electron chi connectivity index (χ2n) is 5.70. The van der Waals surface area contributed by atoms with Gasteiger partial charge in [-0.25, -0.2) is 17.2 Å². The lowest BCUT2D eigenvalue weighted by Crippen LogP contribution is -2.49. The van der Waals surface area contributed by atoms with Gasteiger partial charge in [-0.05, 0) is 18.6 Å². The van der Waals surface area contributed by atoms with Gasteiger partial charge in [0, 0.05) is 51.4 Å². The Morgan fingerprint density at radius 3 is 2.26 bits per heavy atom. The van der Waals surface area contributed by atoms with Crippen LogP contribution >= 0.6 is 12.4 Å². The monoisotopic (exact) mass is 367 g/mol. The minimum absolute atomic E-state index is 0. The fraction of sp³-hybridized carbons (Fsp3) is 0.571. The summed E-state index contributed by atoms with van der Waals surface area (Å²) >= 11 is 0. The van der Waals surface area contributed by atoms with Gasteiger partial charge in [0.25, 0.3) is 0 Å². The number of sulfonamides is 1. The van der Waals surface area contributed by atoms with Gasteiger partial charge in [-0.1, -0.05) is 0 Å². The van der Waals surface area contributed by atoms with Crippen molar-refractivity contribution in [2.75, 3.05) is 39.3 Å². The van der Waals surface area contributed by atoms with Crippen LogP contribution in [0.1, 0.15) is 6.42 Å². The van der Waals surface area contributed by atoms with Crippen LogP contribution in [0.4, 0.5) is 8.78 Å². The van der Waals surface area contributed by atoms with Crippen LogP contribution in [0.5, 0.6) is 0 Å². The molecule has 5 nitrogen and oxygen atoms in total. The lowest BCUT2D eigenvalue weighted by molar-refractivity contribution is 0.179. The van der Waals surface area contributed by atoms with Crippen molar-refractivity contribution in [3.63, 3.8) is 0 Å². The van der Waals surface area contributed by atoms with E-state index in [-0.39, 0.29) is 23.3 Å². The smallest absolute Gasteiger partial charge is 0.243 e. The minimum Gasteiger partial charge on any atom is -0.314 e. The van der Waals surface area contributed by atoms with Crippen LogP contribution in [-0.4, -0.2) is 62.9 Å². The van der Waals surface area contributed by atoms with Gasteiger partial charge in [-0.2, -0.15) is 4.31 Å². The summed E-state index contributed by atoms with van der Waals surface area (Å²) in [7, 11) is -3.84. The fourth-order valence-electron chi connectivity index (χ4n) is 3.10. The Bertz CT molecular complexity index is 633. The number of nitrogens with zero attached hydrogens (tertiary/aromatic N) is 2. The third kappa shape index (κ3) is 4.00. The van der Waals surface area contributed by atoms with Crippen LogP contribution in [0, 0.1) is 11.6 Å². The molecule has 0 amide bonds. The molecular weight excluding hydrogens is 348 g/mol. The molecule has 0 radical (unpaired) electrons. The van der Waals surface area contributed by atoms with Crippen molar-refractivity contribution in [2.45, 2.75) is 17.4 Å². The molecule has 1 unspecified atom stereocenters. The molecular formula is C14H20ClF2N3O2S. The van der Waals surface area contributed by atoms with Gasteiger partial charge in [-0.15, -0.1) is 12.4 Å². The maximum Gasteiger partial charge on any atom is 0.243 e. The maximum atomic E-state index is 13.3. The zero-order chi connectivity index (χ0) is 15.7. The highest BCUT2D eigenvalue weighted by molar-refractivity contribution is 7.89. The highest BCUT2D eigenvalue weighted by atomic mass is 35.5. The lowest BCUT2D eigenvalue weighted by Gasteiger charge is -2.32. The molecule has 2 aliphatic rings. The zero-order valence-electron chi connectivity index (χ0n) is 12.5. The predicted octanol–water partition coefficient (Wildman–Crippen LogP) is 1.05. The molecule has 23 heavy (non-hydrogen) atoms. The van der Waals surface area contributed by atoms with E-state index in [0.29, 0.717) is 19.2 Å². The van der Waals surface area contributed by atoms with Gasteiger partial charge >= 0.3 is 0 Å². The van der Waals surface area contributed by atoms with E-state index >= 15 is 0 Å². The van der Waals surface area contributed by atoms with Gasteiger partial charge in [0.1, 0.15) is 11.6 Å². The Balaban J connectivity index is 0.00000192. The molecule has 0 aromatic heterocycles. The largest absolute Gasteiger partial charge is 0.314 e. The van der Waals surface area contributed by atoms with Crippen molar-refractivity contribution < 1.29 is 17.2 Å². The molecule has 0 spiro atoms. The summed E-state index contributed by atoms with van der Waals surface area (Å²) in [5, 5.41) is 3.26. The average molecular weight is 368 g/mol. The molecule has 2 saturated heterocycles. The van der Waals surface area contributed by atoms with E-state index in [4.69, 9.17) is 0 Å². The van der Waals surface area contributed by atoms with Crippen molar-refractivity contribution in [3.05, 3.63) is 29.8 Å². The van der Waals surface area contributed by atoms with Crippen LogP contribution < -0.4 is 5.32 Å². The van der Waals surface area contributed by atoms with Crippen molar-refractivity contribution in [3.8, 4) is 0 Å². The number of piperazine rings is 1. The number of rotatable bonds is 3. The molecule has 130 valence electrons. The third-order valence-corrected chi connectivity index (χ3v) is 6.11. The minimum atomic E-state index is -3.84. The summed E-state index contributed by atoms with van der Waals surface area (Å²) in [6.07, 6.45) is 0.747. The first-order valence-corrected chi connectivity index (χ1v) is 8.82. The topological polar surface area (TPSA) is 52.7 Å². The van der Waals surface area contributed by atoms with Crippen LogP contribution in [-0.2, 0) is 10.0 Å². The molecule has 1 aromatic carbocycles. The van der Waals surface area contributed by atoms with Crippen molar-refractivity contribution in [2.24, 2.45) is 0 Å². The van der Waals surface area contributed by atoms with E-state index in [9.17, 15) is 17.2 Å². The number of hydrogen-bond acceptors (Lipinski definition) is 4. The molecule has 0 saturated carbocycles. The van der Waals surface area contributed by atoms with Gasteiger partial charge in [0.15, 0.2) is 0 Å². The molecule has 1 aromatic rings. The van der Waals surface area contributed by atoms with Gasteiger partial charge in [0.05, 0.1) is 4.90 Å². The average Bonchev–Trinajstić information content (AvgIpc) is 2.98. The fourth-order valence-corrected chi connectivity index (χ4v) is 4.64. The molecule has 1 atom stereocenters. The van der Waals surface area contributed by atoms with E-state index in [2.05, 4.69) is 10.2 Å². The lowest BCUT2D eigenvalue weighted by atomic mass is 10.2. The Labute approximate surface area is 141 Å². The summed E-state index contributed by atoms with van der Waals surface area (Å²) < 4.78 is 52.9. The summed E-state index contributed by atoms with van der Waals surface area (Å²) in [6.45, 7) is 4.35. The molecule has 1 N–H and O–H groups in total. The van der Waals surface area contributed by atoms with Gasteiger partial charge in [-0.3, -0.25) is 4.90 Å². The molecule has 2 fully saturated rings. The molecule has 0 aliphatic carbocycles. The second-order valence-corrected chi connectivity index (χ2v) is 7.63. The Hall–Kier alpha value is -0.800. The highest BCUT2D eigenvalue weighted by Gasteiger charge is 2.35. The van der Waals surface area contributed by atoms with Crippen LogP contribution in [0.3, 0.4) is 0 Å². The van der Waals surface area contributed by atoms with E-state index in [1.165, 1.54) is 4.31 Å². The molecule has 3 rings (SSSR count). The zero-order valence-corrected chi connectivity index (χ0v) is 14.2. The molecule has 2 aliphatic heterocycles. The Morgan fingerprint density at radius 1 is 1.04 bits per heavy atom. The van der Waals surface area contributed by atoms with E-state index in [1.807, 2.05) is 0 Å². The van der Waals surface area contributed by atoms with Gasteiger partial charge in [0.2, 0.25) is 10.0 Å². The highest BCUT2D eigenvalue weighted by Crippen LogP contribution is 2.25. The standard InChI is InChI=1S/C14H19F2N3O2S.ClH/c15-11-7-12(16)9-14(8-11)22(20,21)19-4-1-13(10-19)18-5-2-17-3-6-18;/h7-9,13,17H,1-6,10H2;1H. The van der Waals surface area contributed by atoms with Crippen molar-refractivity contribution in [1.82, 2.24) is 14.5 Å². The van der Waals surface area contributed by atoms with Crippen LogP contribution in [0.2, 0.25) is 0 Å². The number of halogens is 3. The van der Waals surface area contributed by atoms with E-state index < -0.39 is 21.7 Å². The van der Waals surface area contributed by atoms with E-state index in [1.54, 1.807) is 0 Å². The van der Waals surface area contributed by atoms with Crippen molar-refractivity contribution in [1.29, 1.82) is 0 Å². The normalized spacial score (nSPS) is 23.7. The molecule has 9 heteroatoms. The van der Waals surface area contributed by atoms with Crippen LogP contribution in [0.15, 0.2) is 23.1 Å². The van der Waals surface area contributed by atoms with Crippen LogP contribution in [0.25, 0.3) is 0 Å². The third-order valence-electron chi connectivity index (χ3n) is 4.27. The molecule has 0 bridgehead atoms. The quantitative estimate of drug-likeness (QED) is 0.868. The summed E-state index contributed by atoms with van der Waals surface area (Å²) in [5.74, 6) is -1.76. The molecule has 2 heterocycles. The first-order chi connectivity index (χ1) is 10.5. The first kappa shape index (κ1) is 18.5. The Morgan fingerprint density at radius 2 is 1.65 bits per heavy atom. The summed E-state index contributed by atoms with van der Waals surface area (Å²) in [4.78, 5) is 1.96. The predicted molar refractivity (Wildman–Crippen MR) is 85.2 cm³/mol. The first-order valence-electron chi connectivity index (χ1n) is 7.38.